The molecule has 5 heterocycles. The molecule has 5 rings (SSSR count). The van der Waals surface area contributed by atoms with E-state index < -0.39 is 0 Å². The number of morpholine rings is 1. The van der Waals surface area contributed by atoms with Crippen molar-refractivity contribution in [3.05, 3.63) is 36.3 Å². The van der Waals surface area contributed by atoms with Crippen molar-refractivity contribution in [3.63, 3.8) is 0 Å². The number of hydrogen-bond acceptors (Lipinski definition) is 6. The van der Waals surface area contributed by atoms with E-state index in [9.17, 15) is 4.79 Å². The van der Waals surface area contributed by atoms with E-state index in [2.05, 4.69) is 21.8 Å². The number of rotatable bonds is 3. The van der Waals surface area contributed by atoms with Crippen LogP contribution in [0, 0.1) is 0 Å². The maximum Gasteiger partial charge on any atom is 0.231 e. The summed E-state index contributed by atoms with van der Waals surface area (Å²) in [5.74, 6) is 1.39. The Morgan fingerprint density at radius 1 is 1.23 bits per heavy atom. The van der Waals surface area contributed by atoms with Gasteiger partial charge >= 0.3 is 0 Å². The molecule has 0 radical (unpaired) electrons. The molecular formula is C22H26N6O2. The molecule has 3 aromatic heterocycles. The Morgan fingerprint density at radius 2 is 2.13 bits per heavy atom. The summed E-state index contributed by atoms with van der Waals surface area (Å²) in [5.41, 5.74) is 2.52. The third kappa shape index (κ3) is 3.31. The highest BCUT2D eigenvalue weighted by atomic mass is 16.5. The summed E-state index contributed by atoms with van der Waals surface area (Å²) >= 11 is 0. The minimum Gasteiger partial charge on any atom is -0.377 e. The lowest BCUT2D eigenvalue weighted by molar-refractivity contribution is -0.133. The molecule has 1 N–H and O–H groups in total. The largest absolute Gasteiger partial charge is 0.377 e. The maximum atomic E-state index is 12.9. The van der Waals surface area contributed by atoms with Crippen LogP contribution in [0.5, 0.6) is 0 Å². The molecule has 2 unspecified atom stereocenters. The van der Waals surface area contributed by atoms with E-state index in [0.717, 1.165) is 54.0 Å². The highest BCUT2D eigenvalue weighted by Crippen LogP contribution is 2.32. The van der Waals surface area contributed by atoms with E-state index in [4.69, 9.17) is 14.7 Å². The summed E-state index contributed by atoms with van der Waals surface area (Å²) in [6, 6.07) is 6.15. The molecule has 1 amide bonds. The summed E-state index contributed by atoms with van der Waals surface area (Å²) in [5, 5.41) is 0.975. The fourth-order valence-corrected chi connectivity index (χ4v) is 4.43. The van der Waals surface area contributed by atoms with Gasteiger partial charge in [-0.05, 0) is 31.9 Å². The molecule has 30 heavy (non-hydrogen) atoms. The average molecular weight is 406 g/mol. The number of likely N-dealkylation sites (N-methyl/N-ethyl adjacent to an activating group) is 1. The molecule has 0 aliphatic carbocycles. The molecule has 2 atom stereocenters. The first-order valence-electron chi connectivity index (χ1n) is 10.5. The number of pyridine rings is 1. The molecule has 3 aromatic rings. The fraction of sp³-hybridized carbons (Fsp3) is 0.455. The van der Waals surface area contributed by atoms with Crippen LogP contribution in [0.2, 0.25) is 0 Å². The Kier molecular flexibility index (Phi) is 4.86. The number of carbonyl (C=O) groups is 1. The number of piperidine rings is 1. The number of ether oxygens (including phenoxy) is 1. The zero-order chi connectivity index (χ0) is 20.7. The lowest BCUT2D eigenvalue weighted by atomic mass is 9.93. The molecule has 8 nitrogen and oxygen atoms in total. The number of hydrogen-bond donors (Lipinski definition) is 1. The molecular weight excluding hydrogens is 380 g/mol. The summed E-state index contributed by atoms with van der Waals surface area (Å²) in [4.78, 5) is 34.4. The average Bonchev–Trinajstić information content (AvgIpc) is 3.25. The first-order valence-corrected chi connectivity index (χ1v) is 10.5. The fourth-order valence-electron chi connectivity index (χ4n) is 4.43. The van der Waals surface area contributed by atoms with Crippen molar-refractivity contribution in [2.24, 2.45) is 0 Å². The first-order chi connectivity index (χ1) is 14.6. The minimum atomic E-state index is -0.232. The quantitative estimate of drug-likeness (QED) is 0.719. The molecule has 2 saturated heterocycles. The summed E-state index contributed by atoms with van der Waals surface area (Å²) in [7, 11) is 1.87. The summed E-state index contributed by atoms with van der Waals surface area (Å²) in [6.07, 6.45) is 5.43. The highest BCUT2D eigenvalue weighted by Gasteiger charge is 2.31. The molecule has 2 fully saturated rings. The van der Waals surface area contributed by atoms with Gasteiger partial charge in [-0.25, -0.2) is 15.0 Å². The number of nitrogens with zero attached hydrogens (tertiary/aromatic N) is 5. The van der Waals surface area contributed by atoms with Crippen LogP contribution < -0.4 is 4.90 Å². The predicted octanol–water partition coefficient (Wildman–Crippen LogP) is 2.58. The Labute approximate surface area is 175 Å². The summed E-state index contributed by atoms with van der Waals surface area (Å²) < 4.78 is 5.62. The Hall–Kier alpha value is -3.00. The van der Waals surface area contributed by atoms with Crippen LogP contribution in [0.4, 0.5) is 5.82 Å². The van der Waals surface area contributed by atoms with E-state index in [1.807, 2.05) is 36.3 Å². The molecule has 2 aliphatic heterocycles. The van der Waals surface area contributed by atoms with Crippen molar-refractivity contribution in [1.29, 1.82) is 0 Å². The van der Waals surface area contributed by atoms with Crippen molar-refractivity contribution in [3.8, 4) is 11.4 Å². The number of aromatic nitrogens is 4. The van der Waals surface area contributed by atoms with Gasteiger partial charge in [0.05, 0.1) is 30.9 Å². The van der Waals surface area contributed by atoms with E-state index in [1.165, 1.54) is 0 Å². The Morgan fingerprint density at radius 3 is 3.00 bits per heavy atom. The molecule has 2 aliphatic rings. The smallest absolute Gasteiger partial charge is 0.231 e. The molecule has 0 saturated carbocycles. The van der Waals surface area contributed by atoms with Gasteiger partial charge in [-0.15, -0.1) is 0 Å². The number of carbonyl (C=O) groups excluding carboxylic acids is 1. The van der Waals surface area contributed by atoms with Crippen LogP contribution in [-0.4, -0.2) is 70.1 Å². The topological polar surface area (TPSA) is 87.2 Å². The lowest BCUT2D eigenvalue weighted by Crippen LogP contribution is -2.44. The van der Waals surface area contributed by atoms with Gasteiger partial charge in [-0.2, -0.15) is 0 Å². The number of H-pyrrole nitrogens is 1. The SMILES string of the molecule is CC1COCCN1c1cc(C2CCCN(C)C2=O)nc(-c2ccnc3[nH]ccc23)n1. The molecule has 0 aromatic carbocycles. The monoisotopic (exact) mass is 406 g/mol. The molecule has 0 bridgehead atoms. The van der Waals surface area contributed by atoms with Crippen LogP contribution in [0.3, 0.4) is 0 Å². The number of likely N-dealkylation sites (tertiary alicyclic amines) is 1. The van der Waals surface area contributed by atoms with Crippen molar-refractivity contribution < 1.29 is 9.53 Å². The van der Waals surface area contributed by atoms with Crippen LogP contribution >= 0.6 is 0 Å². The second-order valence-corrected chi connectivity index (χ2v) is 8.15. The molecule has 0 spiro atoms. The van der Waals surface area contributed by atoms with Gasteiger partial charge in [0.2, 0.25) is 5.91 Å². The van der Waals surface area contributed by atoms with Crippen LogP contribution in [-0.2, 0) is 9.53 Å². The second-order valence-electron chi connectivity index (χ2n) is 8.15. The van der Waals surface area contributed by atoms with Crippen molar-refractivity contribution in [2.45, 2.75) is 31.7 Å². The van der Waals surface area contributed by atoms with Crippen molar-refractivity contribution >= 4 is 22.8 Å². The number of amides is 1. The lowest BCUT2D eigenvalue weighted by Gasteiger charge is -2.35. The standard InChI is InChI=1S/C22H26N6O2/c1-14-13-30-11-10-28(14)19-12-18(17-4-3-9-27(2)22(17)29)25-21(26-19)16-6-8-24-20-15(16)5-7-23-20/h5-8,12,14,17H,3-4,9-11,13H2,1-2H3,(H,23,24). The number of fused-ring (bicyclic) bond motifs is 1. The van der Waals surface area contributed by atoms with Crippen LogP contribution in [0.1, 0.15) is 31.4 Å². The first kappa shape index (κ1) is 19.0. The predicted molar refractivity (Wildman–Crippen MR) is 114 cm³/mol. The third-order valence-corrected chi connectivity index (χ3v) is 6.11. The van der Waals surface area contributed by atoms with Crippen molar-refractivity contribution in [2.75, 3.05) is 38.3 Å². The van der Waals surface area contributed by atoms with E-state index >= 15 is 0 Å². The number of nitrogens with one attached hydrogen (secondary N) is 1. The third-order valence-electron chi connectivity index (χ3n) is 6.11. The van der Waals surface area contributed by atoms with Gasteiger partial charge in [0, 0.05) is 49.5 Å². The normalized spacial score (nSPS) is 22.7. The van der Waals surface area contributed by atoms with E-state index in [1.54, 1.807) is 6.20 Å². The van der Waals surface area contributed by atoms with Gasteiger partial charge in [0.1, 0.15) is 11.5 Å². The van der Waals surface area contributed by atoms with Gasteiger partial charge in [-0.1, -0.05) is 0 Å². The van der Waals surface area contributed by atoms with Gasteiger partial charge in [0.15, 0.2) is 5.82 Å². The van der Waals surface area contributed by atoms with E-state index in [0.29, 0.717) is 19.0 Å². The maximum absolute atomic E-state index is 12.9. The molecule has 156 valence electrons. The Bertz CT molecular complexity index is 1080. The zero-order valence-corrected chi connectivity index (χ0v) is 17.3. The van der Waals surface area contributed by atoms with Crippen LogP contribution in [0.25, 0.3) is 22.4 Å². The molecule has 8 heteroatoms. The van der Waals surface area contributed by atoms with Crippen LogP contribution in [0.15, 0.2) is 30.6 Å². The zero-order valence-electron chi connectivity index (χ0n) is 17.3. The van der Waals surface area contributed by atoms with Gasteiger partial charge < -0.3 is 19.5 Å². The van der Waals surface area contributed by atoms with Gasteiger partial charge in [0.25, 0.3) is 0 Å². The highest BCUT2D eigenvalue weighted by molar-refractivity contribution is 5.91. The number of anilines is 1. The summed E-state index contributed by atoms with van der Waals surface area (Å²) in [6.45, 7) is 5.04. The Balaban J connectivity index is 1.65. The second kappa shape index (κ2) is 7.68. The number of aromatic amines is 1. The van der Waals surface area contributed by atoms with Crippen molar-refractivity contribution in [1.82, 2.24) is 24.8 Å². The minimum absolute atomic E-state index is 0.133. The van der Waals surface area contributed by atoms with Gasteiger partial charge in [-0.3, -0.25) is 4.79 Å². The van der Waals surface area contributed by atoms with E-state index in [-0.39, 0.29) is 17.9 Å².